The number of benzene rings is 2. The maximum Gasteiger partial charge on any atom is 0.284 e. The van der Waals surface area contributed by atoms with Crippen LogP contribution in [0.5, 0.6) is 11.5 Å². The van der Waals surface area contributed by atoms with Crippen molar-refractivity contribution in [3.63, 3.8) is 0 Å². The van der Waals surface area contributed by atoms with Crippen molar-refractivity contribution in [2.75, 3.05) is 20.2 Å². The van der Waals surface area contributed by atoms with Gasteiger partial charge >= 0.3 is 0 Å². The number of nitriles is 1. The molecule has 1 aliphatic heterocycles. The third kappa shape index (κ3) is 4.60. The van der Waals surface area contributed by atoms with Crippen LogP contribution >= 0.6 is 0 Å². The standard InChI is InChI=1S/C24H20FN5O3/c1-32-18-9-5-8-16(22(18)25)20-17(12-26)29-13-19(33-14-15-6-3-2-4-7-15)21(20)23(31)30-24-27-10-11-28-24/h2-9,13H,10-11,14H2,1H3,(H2,27,28,30,31). The first-order chi connectivity index (χ1) is 16.1. The number of amides is 1. The topological polar surface area (TPSA) is 109 Å². The molecule has 0 radical (unpaired) electrons. The summed E-state index contributed by atoms with van der Waals surface area (Å²) >= 11 is 0. The highest BCUT2D eigenvalue weighted by molar-refractivity contribution is 6.09. The maximum absolute atomic E-state index is 15.2. The second-order valence-electron chi connectivity index (χ2n) is 7.05. The molecule has 0 saturated carbocycles. The summed E-state index contributed by atoms with van der Waals surface area (Å²) in [7, 11) is 1.33. The first-order valence-corrected chi connectivity index (χ1v) is 10.2. The molecule has 1 aromatic heterocycles. The molecule has 166 valence electrons. The largest absolute Gasteiger partial charge is 0.494 e. The molecule has 1 saturated heterocycles. The van der Waals surface area contributed by atoms with E-state index in [2.05, 4.69) is 20.6 Å². The number of guanidine groups is 1. The smallest absolute Gasteiger partial charge is 0.284 e. The molecule has 0 unspecified atom stereocenters. The predicted octanol–water partition coefficient (Wildman–Crippen LogP) is 3.04. The predicted molar refractivity (Wildman–Crippen MR) is 119 cm³/mol. The summed E-state index contributed by atoms with van der Waals surface area (Å²) in [5.74, 6) is -1.08. The highest BCUT2D eigenvalue weighted by Gasteiger charge is 2.27. The van der Waals surface area contributed by atoms with Gasteiger partial charge in [-0.05, 0) is 11.6 Å². The third-order valence-corrected chi connectivity index (χ3v) is 4.98. The fourth-order valence-electron chi connectivity index (χ4n) is 3.42. The molecule has 33 heavy (non-hydrogen) atoms. The van der Waals surface area contributed by atoms with Gasteiger partial charge < -0.3 is 20.1 Å². The number of rotatable bonds is 6. The van der Waals surface area contributed by atoms with Crippen molar-refractivity contribution < 1.29 is 18.7 Å². The van der Waals surface area contributed by atoms with E-state index in [0.717, 1.165) is 5.56 Å². The lowest BCUT2D eigenvalue weighted by Gasteiger charge is -2.16. The summed E-state index contributed by atoms with van der Waals surface area (Å²) in [5, 5.41) is 15.6. The van der Waals surface area contributed by atoms with Crippen LogP contribution in [0.2, 0.25) is 0 Å². The minimum atomic E-state index is -0.725. The Hall–Kier alpha value is -4.45. The number of nitrogens with one attached hydrogen (secondary N) is 2. The molecule has 0 atom stereocenters. The van der Waals surface area contributed by atoms with Crippen LogP contribution in [0.3, 0.4) is 0 Å². The molecule has 2 N–H and O–H groups in total. The van der Waals surface area contributed by atoms with Gasteiger partial charge in [0.1, 0.15) is 18.4 Å². The maximum atomic E-state index is 15.2. The van der Waals surface area contributed by atoms with Gasteiger partial charge in [-0.2, -0.15) is 10.3 Å². The molecule has 3 aromatic rings. The molecule has 1 amide bonds. The number of pyridine rings is 1. The highest BCUT2D eigenvalue weighted by Crippen LogP contribution is 2.37. The lowest BCUT2D eigenvalue weighted by molar-refractivity contribution is 0.0998. The summed E-state index contributed by atoms with van der Waals surface area (Å²) in [6.45, 7) is 1.36. The van der Waals surface area contributed by atoms with E-state index in [9.17, 15) is 10.1 Å². The van der Waals surface area contributed by atoms with E-state index in [1.165, 1.54) is 25.4 Å². The van der Waals surface area contributed by atoms with Crippen LogP contribution < -0.4 is 20.1 Å². The summed E-state index contributed by atoms with van der Waals surface area (Å²) in [6, 6.07) is 15.7. The van der Waals surface area contributed by atoms with Gasteiger partial charge in [0.15, 0.2) is 23.3 Å². The molecule has 0 spiro atoms. The SMILES string of the molecule is COc1cccc(-c2c(C#N)ncc(OCc3ccccc3)c2C(=O)N=C2NCCN2)c1F. The average Bonchev–Trinajstić information content (AvgIpc) is 3.36. The quantitative estimate of drug-likeness (QED) is 0.600. The summed E-state index contributed by atoms with van der Waals surface area (Å²) in [6.07, 6.45) is 1.28. The van der Waals surface area contributed by atoms with E-state index in [-0.39, 0.29) is 40.5 Å². The molecule has 0 aliphatic carbocycles. The van der Waals surface area contributed by atoms with Gasteiger partial charge in [-0.3, -0.25) is 4.79 Å². The molecular formula is C24H20FN5O3. The number of nitrogens with zero attached hydrogens (tertiary/aromatic N) is 3. The molecular weight excluding hydrogens is 425 g/mol. The Morgan fingerprint density at radius 2 is 1.91 bits per heavy atom. The number of carbonyl (C=O) groups is 1. The van der Waals surface area contributed by atoms with Crippen LogP contribution in [-0.4, -0.2) is 37.1 Å². The van der Waals surface area contributed by atoms with Gasteiger partial charge in [0.2, 0.25) is 0 Å². The van der Waals surface area contributed by atoms with Crippen molar-refractivity contribution in [3.8, 4) is 28.7 Å². The van der Waals surface area contributed by atoms with E-state index < -0.39 is 11.7 Å². The number of aromatic nitrogens is 1. The Bertz CT molecular complexity index is 1250. The first-order valence-electron chi connectivity index (χ1n) is 10.2. The molecule has 4 rings (SSSR count). The van der Waals surface area contributed by atoms with Crippen LogP contribution in [0.25, 0.3) is 11.1 Å². The zero-order valence-electron chi connectivity index (χ0n) is 17.8. The van der Waals surface area contributed by atoms with Crippen molar-refractivity contribution in [1.82, 2.24) is 15.6 Å². The van der Waals surface area contributed by atoms with Crippen LogP contribution in [0, 0.1) is 17.1 Å². The molecule has 9 heteroatoms. The molecule has 0 bridgehead atoms. The van der Waals surface area contributed by atoms with Crippen molar-refractivity contribution in [3.05, 3.63) is 77.4 Å². The van der Waals surface area contributed by atoms with Crippen molar-refractivity contribution in [1.29, 1.82) is 5.26 Å². The number of hydrogen-bond donors (Lipinski definition) is 2. The van der Waals surface area contributed by atoms with Crippen LogP contribution in [-0.2, 0) is 6.61 Å². The highest BCUT2D eigenvalue weighted by atomic mass is 19.1. The lowest BCUT2D eigenvalue weighted by atomic mass is 9.96. The molecule has 8 nitrogen and oxygen atoms in total. The minimum absolute atomic E-state index is 0.00758. The van der Waals surface area contributed by atoms with Crippen LogP contribution in [0.1, 0.15) is 21.6 Å². The van der Waals surface area contributed by atoms with Crippen LogP contribution in [0.15, 0.2) is 59.7 Å². The Labute approximate surface area is 189 Å². The number of carbonyl (C=O) groups excluding carboxylic acids is 1. The number of aliphatic imine (C=N–C) groups is 1. The Kier molecular flexibility index (Phi) is 6.45. The monoisotopic (exact) mass is 445 g/mol. The fraction of sp³-hybridized carbons (Fsp3) is 0.167. The van der Waals surface area contributed by atoms with E-state index in [1.807, 2.05) is 36.4 Å². The van der Waals surface area contributed by atoms with Gasteiger partial charge in [-0.25, -0.2) is 9.37 Å². The Morgan fingerprint density at radius 1 is 1.15 bits per heavy atom. The molecule has 2 aromatic carbocycles. The van der Waals surface area contributed by atoms with Gasteiger partial charge in [-0.15, -0.1) is 0 Å². The number of ether oxygens (including phenoxy) is 2. The van der Waals surface area contributed by atoms with Crippen molar-refractivity contribution in [2.45, 2.75) is 6.61 Å². The van der Waals surface area contributed by atoms with Gasteiger partial charge in [-0.1, -0.05) is 42.5 Å². The lowest BCUT2D eigenvalue weighted by Crippen LogP contribution is -2.25. The zero-order valence-corrected chi connectivity index (χ0v) is 17.8. The average molecular weight is 445 g/mol. The normalized spacial score (nSPS) is 12.3. The van der Waals surface area contributed by atoms with Crippen molar-refractivity contribution in [2.24, 2.45) is 4.99 Å². The van der Waals surface area contributed by atoms with Gasteiger partial charge in [0.25, 0.3) is 5.91 Å². The van der Waals surface area contributed by atoms with E-state index in [4.69, 9.17) is 9.47 Å². The summed E-state index contributed by atoms with van der Waals surface area (Å²) < 4.78 is 26.2. The first kappa shape index (κ1) is 21.8. The minimum Gasteiger partial charge on any atom is -0.494 e. The zero-order chi connectivity index (χ0) is 23.2. The number of hydrogen-bond acceptors (Lipinski definition) is 5. The summed E-state index contributed by atoms with van der Waals surface area (Å²) in [5.41, 5.74) is 0.642. The second kappa shape index (κ2) is 9.78. The van der Waals surface area contributed by atoms with E-state index in [1.54, 1.807) is 6.07 Å². The third-order valence-electron chi connectivity index (χ3n) is 4.98. The molecule has 1 aliphatic rings. The van der Waals surface area contributed by atoms with Gasteiger partial charge in [0, 0.05) is 24.2 Å². The molecule has 2 heterocycles. The molecule has 1 fully saturated rings. The van der Waals surface area contributed by atoms with E-state index in [0.29, 0.717) is 19.0 Å². The number of methoxy groups -OCH3 is 1. The van der Waals surface area contributed by atoms with Crippen molar-refractivity contribution >= 4 is 11.9 Å². The van der Waals surface area contributed by atoms with E-state index >= 15 is 4.39 Å². The Balaban J connectivity index is 1.88. The fourth-order valence-corrected chi connectivity index (χ4v) is 3.42. The van der Waals surface area contributed by atoms with Crippen LogP contribution in [0.4, 0.5) is 4.39 Å². The van der Waals surface area contributed by atoms with Gasteiger partial charge in [0.05, 0.1) is 18.9 Å². The second-order valence-corrected chi connectivity index (χ2v) is 7.05. The Morgan fingerprint density at radius 3 is 2.61 bits per heavy atom. The number of halogens is 1. The summed E-state index contributed by atoms with van der Waals surface area (Å²) in [4.78, 5) is 21.5.